The van der Waals surface area contributed by atoms with Gasteiger partial charge in [0.25, 0.3) is 0 Å². The van der Waals surface area contributed by atoms with Gasteiger partial charge in [0.05, 0.1) is 23.8 Å². The highest BCUT2D eigenvalue weighted by Gasteiger charge is 2.50. The number of nitrogens with zero attached hydrogens (tertiary/aromatic N) is 2. The van der Waals surface area contributed by atoms with Crippen LogP contribution >= 0.6 is 0 Å². The summed E-state index contributed by atoms with van der Waals surface area (Å²) >= 11 is 0. The van der Waals surface area contributed by atoms with Gasteiger partial charge in [0.2, 0.25) is 0 Å². The molecule has 1 aliphatic carbocycles. The number of anilines is 1. The van der Waals surface area contributed by atoms with Crippen molar-refractivity contribution in [3.05, 3.63) is 23.9 Å². The van der Waals surface area contributed by atoms with Gasteiger partial charge in [0.15, 0.2) is 0 Å². The molecule has 4 unspecified atom stereocenters. The zero-order valence-corrected chi connectivity index (χ0v) is 10.0. The summed E-state index contributed by atoms with van der Waals surface area (Å²) in [6.45, 7) is 0.817. The second-order valence-corrected chi connectivity index (χ2v) is 4.93. The van der Waals surface area contributed by atoms with Crippen molar-refractivity contribution in [1.82, 2.24) is 4.98 Å². The van der Waals surface area contributed by atoms with Crippen LogP contribution in [-0.4, -0.2) is 29.8 Å². The van der Waals surface area contributed by atoms with Gasteiger partial charge in [-0.15, -0.1) is 0 Å². The molecule has 1 saturated heterocycles. The molecule has 0 aromatic carbocycles. The van der Waals surface area contributed by atoms with E-state index in [4.69, 9.17) is 15.7 Å². The number of aromatic nitrogens is 1. The lowest BCUT2D eigenvalue weighted by Crippen LogP contribution is -2.69. The molecule has 0 spiro atoms. The molecule has 94 valence electrons. The first kappa shape index (κ1) is 11.5. The second-order valence-electron chi connectivity index (χ2n) is 4.93. The number of ether oxygens (including phenoxy) is 1. The van der Waals surface area contributed by atoms with Crippen molar-refractivity contribution < 1.29 is 4.74 Å². The normalized spacial score (nSPS) is 34.0. The molecular weight excluding hydrogens is 228 g/mol. The molecule has 3 rings (SSSR count). The standard InChI is InChI=1S/C13H16N4O/c14-7-8-3-4-16-10(6-8)17-12-11(15)9-2-1-5-18-13(9)12/h3-4,6,9,11-13H,1-2,5,15H2,(H,16,17). The smallest absolute Gasteiger partial charge is 0.127 e. The SMILES string of the molecule is N#Cc1ccnc(NC2C(N)C3CCCOC32)c1. The van der Waals surface area contributed by atoms with Crippen molar-refractivity contribution in [2.24, 2.45) is 11.7 Å². The average Bonchev–Trinajstić information content (AvgIpc) is 2.44. The Labute approximate surface area is 106 Å². The zero-order chi connectivity index (χ0) is 12.5. The van der Waals surface area contributed by atoms with E-state index in [-0.39, 0.29) is 18.2 Å². The highest BCUT2D eigenvalue weighted by Crippen LogP contribution is 2.38. The van der Waals surface area contributed by atoms with Gasteiger partial charge in [-0.3, -0.25) is 0 Å². The van der Waals surface area contributed by atoms with Crippen LogP contribution in [-0.2, 0) is 4.74 Å². The number of hydrogen-bond donors (Lipinski definition) is 2. The van der Waals surface area contributed by atoms with E-state index in [1.807, 2.05) is 0 Å². The molecule has 1 aromatic rings. The van der Waals surface area contributed by atoms with E-state index in [0.717, 1.165) is 19.4 Å². The van der Waals surface area contributed by atoms with Crippen LogP contribution in [0.2, 0.25) is 0 Å². The fourth-order valence-corrected chi connectivity index (χ4v) is 2.88. The first-order chi connectivity index (χ1) is 8.79. The molecule has 0 radical (unpaired) electrons. The molecule has 1 aromatic heterocycles. The summed E-state index contributed by atoms with van der Waals surface area (Å²) in [6.07, 6.45) is 4.07. The largest absolute Gasteiger partial charge is 0.376 e. The average molecular weight is 244 g/mol. The Morgan fingerprint density at radius 2 is 2.44 bits per heavy atom. The van der Waals surface area contributed by atoms with E-state index in [2.05, 4.69) is 16.4 Å². The van der Waals surface area contributed by atoms with E-state index in [9.17, 15) is 0 Å². The van der Waals surface area contributed by atoms with Crippen molar-refractivity contribution in [2.75, 3.05) is 11.9 Å². The van der Waals surface area contributed by atoms with Gasteiger partial charge in [-0.05, 0) is 25.0 Å². The number of rotatable bonds is 2. The summed E-state index contributed by atoms with van der Waals surface area (Å²) in [5, 5.41) is 12.1. The maximum atomic E-state index is 8.85. The molecular formula is C13H16N4O. The molecule has 3 N–H and O–H groups in total. The Morgan fingerprint density at radius 3 is 3.28 bits per heavy atom. The van der Waals surface area contributed by atoms with Crippen LogP contribution in [0.15, 0.2) is 18.3 Å². The summed E-state index contributed by atoms with van der Waals surface area (Å²) in [4.78, 5) is 4.21. The third kappa shape index (κ3) is 1.84. The van der Waals surface area contributed by atoms with Crippen molar-refractivity contribution >= 4 is 5.82 Å². The molecule has 5 nitrogen and oxygen atoms in total. The predicted molar refractivity (Wildman–Crippen MR) is 66.8 cm³/mol. The van der Waals surface area contributed by atoms with E-state index in [0.29, 0.717) is 17.3 Å². The first-order valence-electron chi connectivity index (χ1n) is 6.29. The monoisotopic (exact) mass is 244 g/mol. The van der Waals surface area contributed by atoms with E-state index in [1.54, 1.807) is 18.3 Å². The molecule has 18 heavy (non-hydrogen) atoms. The molecule has 2 heterocycles. The van der Waals surface area contributed by atoms with E-state index >= 15 is 0 Å². The third-order valence-electron chi connectivity index (χ3n) is 3.88. The van der Waals surface area contributed by atoms with Crippen LogP contribution in [0.1, 0.15) is 18.4 Å². The van der Waals surface area contributed by atoms with Crippen LogP contribution in [0.25, 0.3) is 0 Å². The Hall–Kier alpha value is -1.64. The zero-order valence-electron chi connectivity index (χ0n) is 10.0. The number of nitriles is 1. The maximum Gasteiger partial charge on any atom is 0.127 e. The minimum atomic E-state index is 0.108. The fraction of sp³-hybridized carbons (Fsp3) is 0.538. The van der Waals surface area contributed by atoms with Crippen molar-refractivity contribution in [1.29, 1.82) is 5.26 Å². The Kier molecular flexibility index (Phi) is 2.90. The maximum absolute atomic E-state index is 8.85. The van der Waals surface area contributed by atoms with Gasteiger partial charge in [0, 0.05) is 24.8 Å². The third-order valence-corrected chi connectivity index (χ3v) is 3.88. The van der Waals surface area contributed by atoms with Gasteiger partial charge in [-0.1, -0.05) is 0 Å². The number of pyridine rings is 1. The highest BCUT2D eigenvalue weighted by molar-refractivity contribution is 5.44. The molecule has 2 aliphatic rings. The van der Waals surface area contributed by atoms with Crippen LogP contribution in [0.3, 0.4) is 0 Å². The minimum absolute atomic E-state index is 0.108. The summed E-state index contributed by atoms with van der Waals surface area (Å²) in [5.74, 6) is 1.16. The molecule has 0 bridgehead atoms. The molecule has 4 atom stereocenters. The Bertz CT molecular complexity index is 484. The summed E-state index contributed by atoms with van der Waals surface area (Å²) in [5.41, 5.74) is 6.76. The molecule has 1 aliphatic heterocycles. The van der Waals surface area contributed by atoms with Crippen LogP contribution in [0, 0.1) is 17.2 Å². The number of nitrogens with one attached hydrogen (secondary N) is 1. The minimum Gasteiger partial charge on any atom is -0.376 e. The Morgan fingerprint density at radius 1 is 1.56 bits per heavy atom. The first-order valence-corrected chi connectivity index (χ1v) is 6.29. The quantitative estimate of drug-likeness (QED) is 0.806. The van der Waals surface area contributed by atoms with E-state index < -0.39 is 0 Å². The predicted octanol–water partition coefficient (Wildman–Crippen LogP) is 0.870. The lowest BCUT2D eigenvalue weighted by atomic mass is 9.68. The van der Waals surface area contributed by atoms with Gasteiger partial charge in [-0.25, -0.2) is 4.98 Å². The number of fused-ring (bicyclic) bond motifs is 1. The van der Waals surface area contributed by atoms with Crippen LogP contribution in [0.4, 0.5) is 5.82 Å². The van der Waals surface area contributed by atoms with Gasteiger partial charge >= 0.3 is 0 Å². The number of hydrogen-bond acceptors (Lipinski definition) is 5. The molecule has 2 fully saturated rings. The van der Waals surface area contributed by atoms with Crippen molar-refractivity contribution in [3.8, 4) is 6.07 Å². The van der Waals surface area contributed by atoms with Crippen LogP contribution in [0.5, 0.6) is 0 Å². The molecule has 0 amide bonds. The van der Waals surface area contributed by atoms with Gasteiger partial charge in [0.1, 0.15) is 5.82 Å². The highest BCUT2D eigenvalue weighted by atomic mass is 16.5. The van der Waals surface area contributed by atoms with Crippen LogP contribution < -0.4 is 11.1 Å². The second kappa shape index (κ2) is 4.56. The van der Waals surface area contributed by atoms with Gasteiger partial charge < -0.3 is 15.8 Å². The summed E-state index contributed by atoms with van der Waals surface area (Å²) < 4.78 is 5.75. The summed E-state index contributed by atoms with van der Waals surface area (Å²) in [6, 6.07) is 5.75. The lowest BCUT2D eigenvalue weighted by Gasteiger charge is -2.52. The van der Waals surface area contributed by atoms with E-state index in [1.165, 1.54) is 0 Å². The molecule has 5 heteroatoms. The van der Waals surface area contributed by atoms with Crippen molar-refractivity contribution in [3.63, 3.8) is 0 Å². The fourth-order valence-electron chi connectivity index (χ4n) is 2.88. The number of nitrogens with two attached hydrogens (primary N) is 1. The Balaban J connectivity index is 1.71. The summed E-state index contributed by atoms with van der Waals surface area (Å²) in [7, 11) is 0. The lowest BCUT2D eigenvalue weighted by molar-refractivity contribution is -0.104. The van der Waals surface area contributed by atoms with Gasteiger partial charge in [-0.2, -0.15) is 5.26 Å². The van der Waals surface area contributed by atoms with Crippen molar-refractivity contribution in [2.45, 2.75) is 31.0 Å². The topological polar surface area (TPSA) is 84.0 Å². The molecule has 1 saturated carbocycles.